The van der Waals surface area contributed by atoms with Crippen LogP contribution in [0.2, 0.25) is 0 Å². The number of H-pyrrole nitrogens is 1. The maximum atomic E-state index is 12.9. The number of aryl methyl sites for hydroxylation is 2. The van der Waals surface area contributed by atoms with Crippen LogP contribution in [0.15, 0.2) is 35.1 Å². The summed E-state index contributed by atoms with van der Waals surface area (Å²) in [6.07, 6.45) is 1.53. The van der Waals surface area contributed by atoms with Crippen molar-refractivity contribution in [2.24, 2.45) is 0 Å². The van der Waals surface area contributed by atoms with Crippen LogP contribution in [0, 0.1) is 6.92 Å². The number of carbonyl (C=O) groups is 1. The van der Waals surface area contributed by atoms with Crippen molar-refractivity contribution in [2.45, 2.75) is 40.5 Å². The van der Waals surface area contributed by atoms with Gasteiger partial charge in [0.25, 0.3) is 11.5 Å². The van der Waals surface area contributed by atoms with E-state index in [0.717, 1.165) is 6.42 Å². The number of aromatic nitrogens is 4. The predicted octanol–water partition coefficient (Wildman–Crippen LogP) is 3.27. The van der Waals surface area contributed by atoms with Crippen molar-refractivity contribution in [3.63, 3.8) is 0 Å². The molecule has 0 aliphatic rings. The van der Waals surface area contributed by atoms with Crippen LogP contribution in [0.5, 0.6) is 11.5 Å². The van der Waals surface area contributed by atoms with Crippen molar-refractivity contribution in [1.29, 1.82) is 0 Å². The van der Waals surface area contributed by atoms with E-state index in [1.807, 2.05) is 20.8 Å². The summed E-state index contributed by atoms with van der Waals surface area (Å²) in [6.45, 7) is 8.50. The molecule has 9 nitrogen and oxygen atoms in total. The molecule has 0 bridgehead atoms. The molecular weight excluding hydrogens is 398 g/mol. The van der Waals surface area contributed by atoms with Gasteiger partial charge in [-0.25, -0.2) is 4.98 Å². The van der Waals surface area contributed by atoms with Crippen molar-refractivity contribution in [1.82, 2.24) is 19.7 Å². The molecule has 0 aliphatic carbocycles. The molecule has 2 heterocycles. The molecule has 164 valence electrons. The van der Waals surface area contributed by atoms with Crippen molar-refractivity contribution >= 4 is 11.7 Å². The SMILES string of the molecule is CCCc1cc(=O)[nH]c(-n2nc(C)cc2NC(=O)c2ccc(OCC)c(OCC)c2)n1. The monoisotopic (exact) mass is 425 g/mol. The van der Waals surface area contributed by atoms with Gasteiger partial charge in [0.2, 0.25) is 5.95 Å². The number of anilines is 1. The van der Waals surface area contributed by atoms with Crippen LogP contribution in [0.25, 0.3) is 5.95 Å². The van der Waals surface area contributed by atoms with Gasteiger partial charge in [-0.05, 0) is 45.4 Å². The molecule has 0 spiro atoms. The highest BCUT2D eigenvalue weighted by Gasteiger charge is 2.16. The lowest BCUT2D eigenvalue weighted by Gasteiger charge is -2.13. The Morgan fingerprint density at radius 1 is 1.10 bits per heavy atom. The number of carbonyl (C=O) groups excluding carboxylic acids is 1. The van der Waals surface area contributed by atoms with Gasteiger partial charge in [0.15, 0.2) is 11.5 Å². The second kappa shape index (κ2) is 9.92. The summed E-state index contributed by atoms with van der Waals surface area (Å²) in [5, 5.41) is 7.22. The minimum atomic E-state index is -0.350. The third kappa shape index (κ3) is 5.30. The lowest BCUT2D eigenvalue weighted by molar-refractivity contribution is 0.102. The van der Waals surface area contributed by atoms with Gasteiger partial charge >= 0.3 is 0 Å². The molecule has 0 fully saturated rings. The number of nitrogens with zero attached hydrogens (tertiary/aromatic N) is 3. The van der Waals surface area contributed by atoms with E-state index in [1.54, 1.807) is 31.2 Å². The molecule has 1 amide bonds. The smallest absolute Gasteiger partial charge is 0.256 e. The first kappa shape index (κ1) is 22.1. The Bertz CT molecular complexity index is 1120. The van der Waals surface area contributed by atoms with E-state index in [-0.39, 0.29) is 17.4 Å². The normalized spacial score (nSPS) is 10.7. The topological polar surface area (TPSA) is 111 Å². The summed E-state index contributed by atoms with van der Waals surface area (Å²) >= 11 is 0. The van der Waals surface area contributed by atoms with Crippen LogP contribution in [0.3, 0.4) is 0 Å². The van der Waals surface area contributed by atoms with Crippen molar-refractivity contribution in [3.05, 3.63) is 57.6 Å². The summed E-state index contributed by atoms with van der Waals surface area (Å²) in [4.78, 5) is 32.1. The van der Waals surface area contributed by atoms with Crippen LogP contribution >= 0.6 is 0 Å². The molecule has 2 N–H and O–H groups in total. The summed E-state index contributed by atoms with van der Waals surface area (Å²) in [6, 6.07) is 8.19. The molecule has 0 unspecified atom stereocenters. The largest absolute Gasteiger partial charge is 0.490 e. The molecular formula is C22H27N5O4. The molecule has 3 aromatic rings. The van der Waals surface area contributed by atoms with Crippen molar-refractivity contribution < 1.29 is 14.3 Å². The summed E-state index contributed by atoms with van der Waals surface area (Å²) in [7, 11) is 0. The molecule has 3 rings (SSSR count). The summed E-state index contributed by atoms with van der Waals surface area (Å²) < 4.78 is 12.6. The zero-order valence-corrected chi connectivity index (χ0v) is 18.2. The summed E-state index contributed by atoms with van der Waals surface area (Å²) in [5.41, 5.74) is 1.46. The van der Waals surface area contributed by atoms with Crippen LogP contribution in [-0.4, -0.2) is 38.9 Å². The number of aromatic amines is 1. The van der Waals surface area contributed by atoms with Crippen molar-refractivity contribution in [2.75, 3.05) is 18.5 Å². The number of amides is 1. The van der Waals surface area contributed by atoms with E-state index in [1.165, 1.54) is 10.7 Å². The van der Waals surface area contributed by atoms with E-state index in [2.05, 4.69) is 20.4 Å². The van der Waals surface area contributed by atoms with E-state index in [9.17, 15) is 9.59 Å². The van der Waals surface area contributed by atoms with Gasteiger partial charge < -0.3 is 14.8 Å². The molecule has 0 radical (unpaired) electrons. The first-order valence-corrected chi connectivity index (χ1v) is 10.3. The van der Waals surface area contributed by atoms with Crippen LogP contribution in [0.4, 0.5) is 5.82 Å². The quantitative estimate of drug-likeness (QED) is 0.544. The average Bonchev–Trinajstić information content (AvgIpc) is 3.09. The lowest BCUT2D eigenvalue weighted by Crippen LogP contribution is -2.19. The van der Waals surface area contributed by atoms with Gasteiger partial charge in [-0.3, -0.25) is 14.6 Å². The first-order chi connectivity index (χ1) is 14.9. The molecule has 9 heteroatoms. The Hall–Kier alpha value is -3.62. The molecule has 31 heavy (non-hydrogen) atoms. The third-order valence-electron chi connectivity index (χ3n) is 4.37. The van der Waals surface area contributed by atoms with Gasteiger partial charge in [0, 0.05) is 23.4 Å². The maximum Gasteiger partial charge on any atom is 0.256 e. The number of hydrogen-bond acceptors (Lipinski definition) is 6. The van der Waals surface area contributed by atoms with Crippen LogP contribution in [-0.2, 0) is 6.42 Å². The summed E-state index contributed by atoms with van der Waals surface area (Å²) in [5.74, 6) is 1.38. The lowest BCUT2D eigenvalue weighted by atomic mass is 10.2. The van der Waals surface area contributed by atoms with Gasteiger partial charge in [-0.15, -0.1) is 0 Å². The molecule has 1 aromatic carbocycles. The zero-order chi connectivity index (χ0) is 22.4. The van der Waals surface area contributed by atoms with Gasteiger partial charge in [-0.2, -0.15) is 9.78 Å². The Labute approximate surface area is 180 Å². The fourth-order valence-electron chi connectivity index (χ4n) is 3.11. The minimum Gasteiger partial charge on any atom is -0.490 e. The maximum absolute atomic E-state index is 12.9. The van der Waals surface area contributed by atoms with E-state index < -0.39 is 0 Å². The molecule has 0 aliphatic heterocycles. The van der Waals surface area contributed by atoms with Gasteiger partial charge in [0.05, 0.1) is 18.9 Å². The minimum absolute atomic E-state index is 0.251. The number of nitrogens with one attached hydrogen (secondary N) is 2. The van der Waals surface area contributed by atoms with E-state index in [0.29, 0.717) is 53.9 Å². The highest BCUT2D eigenvalue weighted by atomic mass is 16.5. The van der Waals surface area contributed by atoms with Gasteiger partial charge in [0.1, 0.15) is 5.82 Å². The van der Waals surface area contributed by atoms with Gasteiger partial charge in [-0.1, -0.05) is 13.3 Å². The number of rotatable bonds is 9. The molecule has 0 saturated heterocycles. The molecule has 2 aromatic heterocycles. The molecule has 0 saturated carbocycles. The number of hydrogen-bond donors (Lipinski definition) is 2. The van der Waals surface area contributed by atoms with Crippen LogP contribution < -0.4 is 20.3 Å². The second-order valence-corrected chi connectivity index (χ2v) is 6.87. The van der Waals surface area contributed by atoms with E-state index in [4.69, 9.17) is 9.47 Å². The molecule has 0 atom stereocenters. The Kier molecular flexibility index (Phi) is 7.07. The second-order valence-electron chi connectivity index (χ2n) is 6.87. The standard InChI is InChI=1S/C22H27N5O4/c1-5-8-16-13-20(28)25-22(23-16)27-19(11-14(4)26-27)24-21(29)15-9-10-17(30-6-2)18(12-15)31-7-3/h9-13H,5-8H2,1-4H3,(H,24,29)(H,23,25,28). The van der Waals surface area contributed by atoms with Crippen LogP contribution in [0.1, 0.15) is 48.9 Å². The predicted molar refractivity (Wildman–Crippen MR) is 117 cm³/mol. The first-order valence-electron chi connectivity index (χ1n) is 10.3. The highest BCUT2D eigenvalue weighted by molar-refractivity contribution is 6.04. The average molecular weight is 425 g/mol. The van der Waals surface area contributed by atoms with E-state index >= 15 is 0 Å². The fourth-order valence-corrected chi connectivity index (χ4v) is 3.11. The highest BCUT2D eigenvalue weighted by Crippen LogP contribution is 2.29. The Morgan fingerprint density at radius 3 is 2.55 bits per heavy atom. The Balaban J connectivity index is 1.92. The number of ether oxygens (including phenoxy) is 2. The number of benzene rings is 1. The third-order valence-corrected chi connectivity index (χ3v) is 4.37. The zero-order valence-electron chi connectivity index (χ0n) is 18.2. The Morgan fingerprint density at radius 2 is 1.84 bits per heavy atom. The van der Waals surface area contributed by atoms with Crippen molar-refractivity contribution in [3.8, 4) is 17.4 Å². The fraction of sp³-hybridized carbons (Fsp3) is 0.364.